The minimum absolute atomic E-state index is 0.0696. The Labute approximate surface area is 201 Å². The molecule has 0 spiro atoms. The molecule has 2 aliphatic heterocycles. The fourth-order valence-corrected chi connectivity index (χ4v) is 5.25. The third kappa shape index (κ3) is 3.97. The van der Waals surface area contributed by atoms with Gasteiger partial charge in [-0.25, -0.2) is 0 Å². The summed E-state index contributed by atoms with van der Waals surface area (Å²) in [5, 5.41) is 2.81. The van der Waals surface area contributed by atoms with Crippen molar-refractivity contribution < 1.29 is 9.59 Å². The predicted octanol–water partition coefficient (Wildman–Crippen LogP) is 5.17. The van der Waals surface area contributed by atoms with E-state index in [1.54, 1.807) is 6.08 Å². The van der Waals surface area contributed by atoms with Crippen LogP contribution in [0.4, 0.5) is 11.4 Å². The van der Waals surface area contributed by atoms with Crippen LogP contribution in [0, 0.1) is 20.8 Å². The van der Waals surface area contributed by atoms with Crippen molar-refractivity contribution in [1.29, 1.82) is 0 Å². The SMILES string of the molecule is Cc1ccc(N2C(=O)/C(=C/c3cc4c(cc3C)N(C)C(C)(C)CC4C)C(=O)NC2=S)c(C)c1. The van der Waals surface area contributed by atoms with Crippen LogP contribution in [-0.4, -0.2) is 29.5 Å². The molecule has 2 aromatic carbocycles. The minimum atomic E-state index is -0.463. The maximum atomic E-state index is 13.5. The van der Waals surface area contributed by atoms with Gasteiger partial charge in [0.2, 0.25) is 0 Å². The summed E-state index contributed by atoms with van der Waals surface area (Å²) in [6.45, 7) is 12.7. The van der Waals surface area contributed by atoms with Crippen molar-refractivity contribution in [3.63, 3.8) is 0 Å². The van der Waals surface area contributed by atoms with E-state index < -0.39 is 11.8 Å². The second-order valence-corrected chi connectivity index (χ2v) is 10.4. The summed E-state index contributed by atoms with van der Waals surface area (Å²) in [5.74, 6) is -0.493. The van der Waals surface area contributed by atoms with Gasteiger partial charge in [-0.05, 0) is 106 Å². The summed E-state index contributed by atoms with van der Waals surface area (Å²) in [6, 6.07) is 10.1. The number of amides is 2. The molecule has 2 amide bonds. The molecule has 2 aliphatic rings. The fraction of sp³-hybridized carbons (Fsp3) is 0.370. The standard InChI is InChI=1S/C27H31N3O2S/c1-15-8-9-22(17(3)10-15)30-25(32)21(24(31)28-26(30)33)13-19-12-20-18(4)14-27(5,6)29(7)23(20)11-16(19)2/h8-13,18H,14H2,1-7H3,(H,28,31,33)/b21-13+. The molecular weight excluding hydrogens is 430 g/mol. The van der Waals surface area contributed by atoms with Crippen LogP contribution in [-0.2, 0) is 9.59 Å². The number of aryl methyl sites for hydroxylation is 3. The van der Waals surface area contributed by atoms with E-state index in [1.807, 2.05) is 39.0 Å². The Morgan fingerprint density at radius 3 is 2.42 bits per heavy atom. The van der Waals surface area contributed by atoms with Gasteiger partial charge < -0.3 is 4.90 Å². The topological polar surface area (TPSA) is 52.7 Å². The minimum Gasteiger partial charge on any atom is -0.369 e. The number of carbonyl (C=O) groups excluding carboxylic acids is 2. The van der Waals surface area contributed by atoms with E-state index >= 15 is 0 Å². The van der Waals surface area contributed by atoms with E-state index in [2.05, 4.69) is 50.2 Å². The van der Waals surface area contributed by atoms with Crippen LogP contribution in [0.25, 0.3) is 6.08 Å². The molecule has 33 heavy (non-hydrogen) atoms. The fourth-order valence-electron chi connectivity index (χ4n) is 4.98. The van der Waals surface area contributed by atoms with E-state index in [-0.39, 0.29) is 16.2 Å². The van der Waals surface area contributed by atoms with Crippen molar-refractivity contribution in [3.8, 4) is 0 Å². The molecule has 1 atom stereocenters. The van der Waals surface area contributed by atoms with Crippen molar-refractivity contribution in [2.45, 2.75) is 59.4 Å². The second kappa shape index (κ2) is 8.10. The summed E-state index contributed by atoms with van der Waals surface area (Å²) in [7, 11) is 2.13. The van der Waals surface area contributed by atoms with E-state index in [1.165, 1.54) is 16.2 Å². The normalized spacial score (nSPS) is 21.4. The first-order valence-electron chi connectivity index (χ1n) is 11.3. The molecule has 2 heterocycles. The molecule has 172 valence electrons. The van der Waals surface area contributed by atoms with Crippen molar-refractivity contribution in [1.82, 2.24) is 5.32 Å². The first-order valence-corrected chi connectivity index (χ1v) is 11.7. The Morgan fingerprint density at radius 1 is 1.06 bits per heavy atom. The van der Waals surface area contributed by atoms with Gasteiger partial charge in [0.15, 0.2) is 5.11 Å². The summed E-state index contributed by atoms with van der Waals surface area (Å²) in [4.78, 5) is 30.1. The van der Waals surface area contributed by atoms with Crippen LogP contribution in [0.1, 0.15) is 60.9 Å². The highest BCUT2D eigenvalue weighted by Gasteiger charge is 2.37. The van der Waals surface area contributed by atoms with E-state index in [4.69, 9.17) is 12.2 Å². The quantitative estimate of drug-likeness (QED) is 0.381. The molecule has 4 rings (SSSR count). The summed E-state index contributed by atoms with van der Waals surface area (Å²) >= 11 is 5.37. The Kier molecular flexibility index (Phi) is 5.69. The molecule has 1 N–H and O–H groups in total. The summed E-state index contributed by atoms with van der Waals surface area (Å²) in [6.07, 6.45) is 2.74. The average Bonchev–Trinajstić information content (AvgIpc) is 2.71. The van der Waals surface area contributed by atoms with Gasteiger partial charge in [0.05, 0.1) is 5.69 Å². The number of hydrogen-bond donors (Lipinski definition) is 1. The Morgan fingerprint density at radius 2 is 1.76 bits per heavy atom. The Balaban J connectivity index is 1.78. The van der Waals surface area contributed by atoms with Gasteiger partial charge in [0.25, 0.3) is 11.8 Å². The van der Waals surface area contributed by atoms with E-state index in [0.717, 1.165) is 28.7 Å². The van der Waals surface area contributed by atoms with Gasteiger partial charge in [0.1, 0.15) is 5.57 Å². The van der Waals surface area contributed by atoms with Gasteiger partial charge in [-0.15, -0.1) is 0 Å². The first kappa shape index (κ1) is 23.2. The van der Waals surface area contributed by atoms with Crippen LogP contribution >= 0.6 is 12.2 Å². The lowest BCUT2D eigenvalue weighted by Gasteiger charge is -2.45. The van der Waals surface area contributed by atoms with Gasteiger partial charge in [0, 0.05) is 18.3 Å². The highest BCUT2D eigenvalue weighted by atomic mass is 32.1. The molecular formula is C27H31N3O2S. The third-order valence-electron chi connectivity index (χ3n) is 7.02. The highest BCUT2D eigenvalue weighted by Crippen LogP contribution is 2.43. The van der Waals surface area contributed by atoms with Crippen LogP contribution in [0.2, 0.25) is 0 Å². The third-order valence-corrected chi connectivity index (χ3v) is 7.30. The number of thiocarbonyl (C=S) groups is 1. The molecule has 5 nitrogen and oxygen atoms in total. The molecule has 2 aromatic rings. The molecule has 0 aromatic heterocycles. The number of fused-ring (bicyclic) bond motifs is 1. The lowest BCUT2D eigenvalue weighted by molar-refractivity contribution is -0.122. The molecule has 0 aliphatic carbocycles. The van der Waals surface area contributed by atoms with Crippen molar-refractivity contribution in [3.05, 3.63) is 63.7 Å². The summed E-state index contributed by atoms with van der Waals surface area (Å²) < 4.78 is 0. The number of benzene rings is 2. The van der Waals surface area contributed by atoms with Crippen molar-refractivity contribution in [2.75, 3.05) is 16.8 Å². The number of rotatable bonds is 2. The van der Waals surface area contributed by atoms with E-state index in [0.29, 0.717) is 11.6 Å². The molecule has 0 bridgehead atoms. The monoisotopic (exact) mass is 461 g/mol. The zero-order valence-electron chi connectivity index (χ0n) is 20.4. The van der Waals surface area contributed by atoms with Gasteiger partial charge in [-0.1, -0.05) is 24.6 Å². The summed E-state index contributed by atoms with van der Waals surface area (Å²) in [5.41, 5.74) is 7.19. The van der Waals surface area contributed by atoms with Crippen molar-refractivity contribution >= 4 is 46.6 Å². The van der Waals surface area contributed by atoms with Crippen LogP contribution in [0.3, 0.4) is 0 Å². The Bertz CT molecular complexity index is 1230. The van der Waals surface area contributed by atoms with Crippen LogP contribution < -0.4 is 15.1 Å². The largest absolute Gasteiger partial charge is 0.369 e. The van der Waals surface area contributed by atoms with Crippen molar-refractivity contribution in [2.24, 2.45) is 0 Å². The number of anilines is 2. The molecule has 1 unspecified atom stereocenters. The molecule has 1 fully saturated rings. The zero-order chi connectivity index (χ0) is 24.2. The highest BCUT2D eigenvalue weighted by molar-refractivity contribution is 7.80. The number of hydrogen-bond acceptors (Lipinski definition) is 4. The van der Waals surface area contributed by atoms with Crippen LogP contribution in [0.5, 0.6) is 0 Å². The van der Waals surface area contributed by atoms with Crippen LogP contribution in [0.15, 0.2) is 35.9 Å². The molecule has 0 radical (unpaired) electrons. The molecule has 1 saturated heterocycles. The smallest absolute Gasteiger partial charge is 0.270 e. The maximum absolute atomic E-state index is 13.5. The van der Waals surface area contributed by atoms with Gasteiger partial charge in [-0.2, -0.15) is 0 Å². The number of nitrogens with zero attached hydrogens (tertiary/aromatic N) is 2. The lowest BCUT2D eigenvalue weighted by Crippen LogP contribution is -2.54. The second-order valence-electron chi connectivity index (χ2n) is 9.99. The molecule has 6 heteroatoms. The lowest BCUT2D eigenvalue weighted by atomic mass is 9.79. The predicted molar refractivity (Wildman–Crippen MR) is 139 cm³/mol. The number of carbonyl (C=O) groups is 2. The first-order chi connectivity index (χ1) is 15.4. The number of nitrogens with one attached hydrogen (secondary N) is 1. The van der Waals surface area contributed by atoms with Gasteiger partial charge in [-0.3, -0.25) is 19.8 Å². The Hall–Kier alpha value is -2.99. The van der Waals surface area contributed by atoms with Gasteiger partial charge >= 0.3 is 0 Å². The van der Waals surface area contributed by atoms with E-state index in [9.17, 15) is 9.59 Å². The maximum Gasteiger partial charge on any atom is 0.270 e. The average molecular weight is 462 g/mol. The molecule has 0 saturated carbocycles. The zero-order valence-corrected chi connectivity index (χ0v) is 21.2.